The number of rotatable bonds is 8. The summed E-state index contributed by atoms with van der Waals surface area (Å²) in [5.41, 5.74) is 8.94. The highest BCUT2D eigenvalue weighted by Crippen LogP contribution is 2.27. The van der Waals surface area contributed by atoms with Crippen LogP contribution in [0.2, 0.25) is 0 Å². The van der Waals surface area contributed by atoms with E-state index in [1.807, 2.05) is 12.1 Å². The molecule has 0 aliphatic rings. The zero-order valence-electron chi connectivity index (χ0n) is 12.8. The molecule has 0 amide bonds. The molecule has 22 heavy (non-hydrogen) atoms. The van der Waals surface area contributed by atoms with Gasteiger partial charge in [0.2, 0.25) is 5.78 Å². The number of aryl methyl sites for hydroxylation is 1. The number of ether oxygens (including phenoxy) is 3. The molecule has 1 rings (SSSR count). The molecule has 0 heterocycles. The van der Waals surface area contributed by atoms with Crippen LogP contribution in [0.5, 0.6) is 11.5 Å². The summed E-state index contributed by atoms with van der Waals surface area (Å²) in [6, 6.07) is 5.53. The summed E-state index contributed by atoms with van der Waals surface area (Å²) in [6.45, 7) is 1.24. The van der Waals surface area contributed by atoms with Gasteiger partial charge in [-0.2, -0.15) is 4.79 Å². The lowest BCUT2D eigenvalue weighted by molar-refractivity contribution is -0.142. The molecule has 1 aromatic rings. The summed E-state index contributed by atoms with van der Waals surface area (Å²) >= 11 is 0. The Bertz CT molecular complexity index is 606. The number of Topliss-reactive ketones (excluding diaryl/α,β-unsaturated/α-hetero) is 1. The number of methoxy groups -OCH3 is 2. The lowest BCUT2D eigenvalue weighted by Gasteiger charge is -2.09. The fourth-order valence-electron chi connectivity index (χ4n) is 1.80. The predicted molar refractivity (Wildman–Crippen MR) is 78.1 cm³/mol. The second-order valence-corrected chi connectivity index (χ2v) is 4.43. The molecule has 0 aliphatic heterocycles. The van der Waals surface area contributed by atoms with Crippen LogP contribution >= 0.6 is 0 Å². The van der Waals surface area contributed by atoms with Crippen LogP contribution in [0.3, 0.4) is 0 Å². The van der Waals surface area contributed by atoms with Crippen molar-refractivity contribution in [1.82, 2.24) is 0 Å². The number of carbonyl (C=O) groups excluding carboxylic acids is 2. The number of ketones is 1. The number of hydrogen-bond acceptors (Lipinski definition) is 5. The van der Waals surface area contributed by atoms with E-state index in [1.165, 1.54) is 0 Å². The molecule has 0 bridgehead atoms. The van der Waals surface area contributed by atoms with Crippen LogP contribution in [0, 0.1) is 0 Å². The van der Waals surface area contributed by atoms with Gasteiger partial charge in [0.15, 0.2) is 11.5 Å². The van der Waals surface area contributed by atoms with Crippen LogP contribution < -0.4 is 9.47 Å². The average Bonchev–Trinajstić information content (AvgIpc) is 2.51. The molecule has 0 unspecified atom stereocenters. The van der Waals surface area contributed by atoms with E-state index < -0.39 is 17.5 Å². The lowest BCUT2D eigenvalue weighted by Crippen LogP contribution is -2.25. The van der Waals surface area contributed by atoms with E-state index >= 15 is 0 Å². The van der Waals surface area contributed by atoms with Crippen molar-refractivity contribution >= 4 is 17.5 Å². The van der Waals surface area contributed by atoms with Gasteiger partial charge in [-0.05, 0) is 30.5 Å². The monoisotopic (exact) mass is 306 g/mol. The molecule has 0 N–H and O–H groups in total. The summed E-state index contributed by atoms with van der Waals surface area (Å²) in [5, 5.41) is 0. The molecular formula is C15H18N2O5. The van der Waals surface area contributed by atoms with Gasteiger partial charge in [0.05, 0.1) is 20.8 Å². The highest BCUT2D eigenvalue weighted by atomic mass is 16.5. The maximum Gasteiger partial charge on any atom is 0.441 e. The Morgan fingerprint density at radius 2 is 1.86 bits per heavy atom. The van der Waals surface area contributed by atoms with E-state index in [2.05, 4.69) is 4.79 Å². The zero-order valence-corrected chi connectivity index (χ0v) is 12.8. The van der Waals surface area contributed by atoms with Gasteiger partial charge in [-0.3, -0.25) is 4.79 Å². The third-order valence-electron chi connectivity index (χ3n) is 2.92. The van der Waals surface area contributed by atoms with Crippen molar-refractivity contribution in [2.45, 2.75) is 19.8 Å². The predicted octanol–water partition coefficient (Wildman–Crippen LogP) is 1.44. The Hall–Kier alpha value is -2.66. The maximum atomic E-state index is 11.4. The van der Waals surface area contributed by atoms with Crippen molar-refractivity contribution in [1.29, 1.82) is 0 Å². The largest absolute Gasteiger partial charge is 0.493 e. The van der Waals surface area contributed by atoms with Crippen molar-refractivity contribution in [3.8, 4) is 11.5 Å². The smallest absolute Gasteiger partial charge is 0.441 e. The highest BCUT2D eigenvalue weighted by Gasteiger charge is 2.27. The number of carbonyl (C=O) groups is 2. The second kappa shape index (κ2) is 8.59. The second-order valence-electron chi connectivity index (χ2n) is 4.43. The van der Waals surface area contributed by atoms with E-state index in [9.17, 15) is 9.59 Å². The first-order chi connectivity index (χ1) is 10.5. The van der Waals surface area contributed by atoms with Gasteiger partial charge in [0.1, 0.15) is 0 Å². The minimum atomic E-state index is -0.928. The maximum absolute atomic E-state index is 11.4. The summed E-state index contributed by atoms with van der Waals surface area (Å²) in [6.07, 6.45) is 1.21. The number of esters is 1. The molecule has 7 heteroatoms. The molecule has 118 valence electrons. The minimum Gasteiger partial charge on any atom is -0.493 e. The molecule has 0 fully saturated rings. The van der Waals surface area contributed by atoms with Crippen LogP contribution in [0.25, 0.3) is 5.53 Å². The molecule has 1 aromatic carbocycles. The van der Waals surface area contributed by atoms with Crippen molar-refractivity contribution in [2.75, 3.05) is 20.8 Å². The van der Waals surface area contributed by atoms with E-state index in [1.54, 1.807) is 20.3 Å². The third-order valence-corrected chi connectivity index (χ3v) is 2.92. The molecule has 7 nitrogen and oxygen atoms in total. The van der Waals surface area contributed by atoms with Crippen LogP contribution in [-0.4, -0.2) is 43.1 Å². The van der Waals surface area contributed by atoms with Gasteiger partial charge in [0, 0.05) is 6.92 Å². The Kier molecular flexibility index (Phi) is 6.79. The summed E-state index contributed by atoms with van der Waals surface area (Å²) in [7, 11) is 3.12. The van der Waals surface area contributed by atoms with Gasteiger partial charge in [-0.25, -0.2) is 4.79 Å². The van der Waals surface area contributed by atoms with Crippen LogP contribution in [0.4, 0.5) is 0 Å². The molecule has 0 atom stereocenters. The van der Waals surface area contributed by atoms with Crippen molar-refractivity contribution < 1.29 is 28.6 Å². The highest BCUT2D eigenvalue weighted by molar-refractivity contribution is 6.61. The SMILES string of the molecule is COc1ccc(CCCOC(=O)C(=[N+]=[N-])C(C)=O)cc1OC. The first kappa shape index (κ1) is 17.4. The first-order valence-corrected chi connectivity index (χ1v) is 6.64. The molecule has 0 radical (unpaired) electrons. The van der Waals surface area contributed by atoms with E-state index in [4.69, 9.17) is 19.7 Å². The Morgan fingerprint density at radius 1 is 1.18 bits per heavy atom. The lowest BCUT2D eigenvalue weighted by atomic mass is 10.1. The summed E-state index contributed by atoms with van der Waals surface area (Å²) < 4.78 is 15.2. The van der Waals surface area contributed by atoms with E-state index in [0.717, 1.165) is 12.5 Å². The van der Waals surface area contributed by atoms with E-state index in [-0.39, 0.29) is 6.61 Å². The topological polar surface area (TPSA) is 98.2 Å². The zero-order chi connectivity index (χ0) is 16.5. The molecular weight excluding hydrogens is 288 g/mol. The summed E-state index contributed by atoms with van der Waals surface area (Å²) in [4.78, 5) is 25.1. The van der Waals surface area contributed by atoms with Gasteiger partial charge in [0.25, 0.3) is 0 Å². The molecule has 0 spiro atoms. The van der Waals surface area contributed by atoms with Crippen LogP contribution in [0.15, 0.2) is 18.2 Å². The molecule has 0 aromatic heterocycles. The van der Waals surface area contributed by atoms with Gasteiger partial charge >= 0.3 is 11.7 Å². The van der Waals surface area contributed by atoms with Crippen molar-refractivity contribution in [3.63, 3.8) is 0 Å². The number of benzene rings is 1. The van der Waals surface area contributed by atoms with Gasteiger partial charge < -0.3 is 19.7 Å². The van der Waals surface area contributed by atoms with E-state index in [0.29, 0.717) is 24.3 Å². The Balaban J connectivity index is 2.50. The fraction of sp³-hybridized carbons (Fsp3) is 0.400. The van der Waals surface area contributed by atoms with Crippen LogP contribution in [0.1, 0.15) is 18.9 Å². The van der Waals surface area contributed by atoms with Crippen LogP contribution in [-0.2, 0) is 20.7 Å². The van der Waals surface area contributed by atoms with Gasteiger partial charge in [-0.15, -0.1) is 0 Å². The van der Waals surface area contributed by atoms with Crippen molar-refractivity contribution in [3.05, 3.63) is 29.3 Å². The standard InChI is InChI=1S/C15H18N2O5/c1-10(18)14(17-16)15(19)22-8-4-5-11-6-7-12(20-2)13(9-11)21-3/h6-7,9H,4-5,8H2,1-3H3. The fourth-order valence-corrected chi connectivity index (χ4v) is 1.80. The number of hydrogen-bond donors (Lipinski definition) is 0. The minimum absolute atomic E-state index is 0.111. The van der Waals surface area contributed by atoms with Gasteiger partial charge in [-0.1, -0.05) is 6.07 Å². The average molecular weight is 306 g/mol. The third kappa shape index (κ3) is 4.71. The first-order valence-electron chi connectivity index (χ1n) is 6.64. The van der Waals surface area contributed by atoms with Crippen molar-refractivity contribution in [2.24, 2.45) is 0 Å². The number of nitrogens with zero attached hydrogens (tertiary/aromatic N) is 2. The quantitative estimate of drug-likeness (QED) is 0.181. The molecule has 0 saturated carbocycles. The summed E-state index contributed by atoms with van der Waals surface area (Å²) in [5.74, 6) is -0.305. The normalized spacial score (nSPS) is 9.59. The Morgan fingerprint density at radius 3 is 2.41 bits per heavy atom. The molecule has 0 saturated heterocycles. The molecule has 0 aliphatic carbocycles. The Labute approximate surface area is 128 Å².